The number of hydrogen-bond acceptors (Lipinski definition) is 3. The van der Waals surface area contributed by atoms with Crippen molar-refractivity contribution in [1.82, 2.24) is 9.97 Å². The number of aromatic carboxylic acids is 1. The van der Waals surface area contributed by atoms with Crippen molar-refractivity contribution in [3.63, 3.8) is 0 Å². The predicted octanol–water partition coefficient (Wildman–Crippen LogP) is 1.25. The Balaban J connectivity index is 3.19. The minimum absolute atomic E-state index is 0.183. The lowest BCUT2D eigenvalue weighted by Crippen LogP contribution is -2.04. The number of nitrogens with zero attached hydrogens (tertiary/aromatic N) is 2. The molecule has 0 aromatic carbocycles. The Labute approximate surface area is 71.4 Å². The second kappa shape index (κ2) is 2.96. The van der Waals surface area contributed by atoms with Crippen molar-refractivity contribution in [2.24, 2.45) is 0 Å². The van der Waals surface area contributed by atoms with Crippen LogP contribution in [0.15, 0.2) is 10.7 Å². The molecule has 0 aliphatic rings. The maximum atomic E-state index is 10.4. The van der Waals surface area contributed by atoms with Crippen molar-refractivity contribution < 1.29 is 9.90 Å². The van der Waals surface area contributed by atoms with Gasteiger partial charge in [-0.1, -0.05) is 0 Å². The summed E-state index contributed by atoms with van der Waals surface area (Å²) in [6, 6.07) is 1.65. The van der Waals surface area contributed by atoms with Gasteiger partial charge < -0.3 is 5.11 Å². The molecule has 1 aromatic rings. The molecule has 0 aliphatic heterocycles. The summed E-state index contributed by atoms with van der Waals surface area (Å²) in [4.78, 5) is 17.7. The summed E-state index contributed by atoms with van der Waals surface area (Å²) in [6.45, 7) is 1.71. The number of aromatic nitrogens is 2. The van der Waals surface area contributed by atoms with Crippen molar-refractivity contribution in [3.05, 3.63) is 22.2 Å². The van der Waals surface area contributed by atoms with E-state index in [1.165, 1.54) is 0 Å². The van der Waals surface area contributed by atoms with Gasteiger partial charge in [0.2, 0.25) is 5.82 Å². The molecule has 0 spiro atoms. The van der Waals surface area contributed by atoms with E-state index in [0.29, 0.717) is 10.3 Å². The zero-order chi connectivity index (χ0) is 8.43. The molecule has 1 aromatic heterocycles. The monoisotopic (exact) mass is 216 g/mol. The minimum atomic E-state index is -1.12. The summed E-state index contributed by atoms with van der Waals surface area (Å²) < 4.78 is 0.488. The second-order valence-electron chi connectivity index (χ2n) is 1.96. The van der Waals surface area contributed by atoms with E-state index in [1.54, 1.807) is 13.0 Å². The average molecular weight is 217 g/mol. The van der Waals surface area contributed by atoms with Crippen molar-refractivity contribution in [2.45, 2.75) is 6.92 Å². The molecule has 0 saturated carbocycles. The maximum absolute atomic E-state index is 10.4. The molecule has 0 atom stereocenters. The van der Waals surface area contributed by atoms with Crippen LogP contribution in [0.5, 0.6) is 0 Å². The topological polar surface area (TPSA) is 63.1 Å². The van der Waals surface area contributed by atoms with Crippen LogP contribution in [0.25, 0.3) is 0 Å². The van der Waals surface area contributed by atoms with Gasteiger partial charge in [0.1, 0.15) is 4.60 Å². The first-order chi connectivity index (χ1) is 5.09. The van der Waals surface area contributed by atoms with Gasteiger partial charge >= 0.3 is 5.97 Å². The average Bonchev–Trinajstić information content (AvgIpc) is 1.85. The maximum Gasteiger partial charge on any atom is 0.373 e. The van der Waals surface area contributed by atoms with E-state index in [2.05, 4.69) is 25.9 Å². The molecule has 1 N–H and O–H groups in total. The van der Waals surface area contributed by atoms with Gasteiger partial charge in [0.05, 0.1) is 0 Å². The Bertz CT molecular complexity index is 280. The first-order valence-corrected chi connectivity index (χ1v) is 3.63. The highest BCUT2D eigenvalue weighted by Gasteiger charge is 2.06. The summed E-state index contributed by atoms with van der Waals surface area (Å²) >= 11 is 3.07. The molecule has 11 heavy (non-hydrogen) atoms. The molecule has 0 bridgehead atoms. The summed E-state index contributed by atoms with van der Waals surface area (Å²) in [5.74, 6) is -1.30. The number of hydrogen-bond donors (Lipinski definition) is 1. The van der Waals surface area contributed by atoms with Crippen LogP contribution < -0.4 is 0 Å². The van der Waals surface area contributed by atoms with Crippen LogP contribution in [0.3, 0.4) is 0 Å². The Morgan fingerprint density at radius 1 is 1.64 bits per heavy atom. The van der Waals surface area contributed by atoms with Crippen molar-refractivity contribution in [1.29, 1.82) is 0 Å². The number of carboxylic acids is 1. The molecular formula is C6H5BrN2O2. The zero-order valence-electron chi connectivity index (χ0n) is 5.71. The van der Waals surface area contributed by atoms with Crippen molar-refractivity contribution in [3.8, 4) is 0 Å². The lowest BCUT2D eigenvalue weighted by Gasteiger charge is -1.95. The lowest BCUT2D eigenvalue weighted by atomic mass is 10.4. The van der Waals surface area contributed by atoms with Crippen LogP contribution in [0.4, 0.5) is 0 Å². The summed E-state index contributed by atoms with van der Waals surface area (Å²) in [6.07, 6.45) is 0. The fraction of sp³-hybridized carbons (Fsp3) is 0.167. The van der Waals surface area contributed by atoms with E-state index in [-0.39, 0.29) is 5.82 Å². The molecule has 0 aliphatic carbocycles. The SMILES string of the molecule is Cc1cc(Br)nc(C(=O)O)n1. The smallest absolute Gasteiger partial charge is 0.373 e. The molecule has 58 valence electrons. The highest BCUT2D eigenvalue weighted by Crippen LogP contribution is 2.06. The molecule has 1 rings (SSSR count). The first kappa shape index (κ1) is 8.13. The third-order valence-electron chi connectivity index (χ3n) is 1.01. The lowest BCUT2D eigenvalue weighted by molar-refractivity contribution is 0.0683. The van der Waals surface area contributed by atoms with Gasteiger partial charge in [-0.05, 0) is 28.9 Å². The van der Waals surface area contributed by atoms with Crippen LogP contribution in [-0.2, 0) is 0 Å². The fourth-order valence-corrected chi connectivity index (χ4v) is 1.13. The molecule has 0 saturated heterocycles. The van der Waals surface area contributed by atoms with E-state index in [9.17, 15) is 4.79 Å². The van der Waals surface area contributed by atoms with Gasteiger partial charge in [-0.3, -0.25) is 0 Å². The molecule has 0 amide bonds. The number of carboxylic acid groups (broad SMARTS) is 1. The van der Waals surface area contributed by atoms with E-state index < -0.39 is 5.97 Å². The first-order valence-electron chi connectivity index (χ1n) is 2.84. The largest absolute Gasteiger partial charge is 0.475 e. The van der Waals surface area contributed by atoms with Crippen LogP contribution in [0.2, 0.25) is 0 Å². The van der Waals surface area contributed by atoms with Gasteiger partial charge in [0.15, 0.2) is 0 Å². The normalized spacial score (nSPS) is 9.64. The molecule has 0 fully saturated rings. The molecule has 0 unspecified atom stereocenters. The van der Waals surface area contributed by atoms with Gasteiger partial charge in [-0.2, -0.15) is 0 Å². The third-order valence-corrected chi connectivity index (χ3v) is 1.42. The van der Waals surface area contributed by atoms with Gasteiger partial charge in [-0.15, -0.1) is 0 Å². The van der Waals surface area contributed by atoms with E-state index in [4.69, 9.17) is 5.11 Å². The number of carbonyl (C=O) groups is 1. The number of halogens is 1. The number of aryl methyl sites for hydroxylation is 1. The molecule has 5 heteroatoms. The highest BCUT2D eigenvalue weighted by molar-refractivity contribution is 9.10. The minimum Gasteiger partial charge on any atom is -0.475 e. The van der Waals surface area contributed by atoms with Crippen LogP contribution >= 0.6 is 15.9 Å². The molecular weight excluding hydrogens is 212 g/mol. The second-order valence-corrected chi connectivity index (χ2v) is 2.77. The van der Waals surface area contributed by atoms with Crippen molar-refractivity contribution in [2.75, 3.05) is 0 Å². The summed E-state index contributed by atoms with van der Waals surface area (Å²) in [5.41, 5.74) is 0.629. The van der Waals surface area contributed by atoms with E-state index in [1.807, 2.05) is 0 Å². The van der Waals surface area contributed by atoms with Gasteiger partial charge in [-0.25, -0.2) is 14.8 Å². The summed E-state index contributed by atoms with van der Waals surface area (Å²) in [5, 5.41) is 8.49. The Kier molecular flexibility index (Phi) is 2.19. The highest BCUT2D eigenvalue weighted by atomic mass is 79.9. The standard InChI is InChI=1S/C6H5BrN2O2/c1-3-2-4(7)9-5(8-3)6(10)11/h2H,1H3,(H,10,11). The third kappa shape index (κ3) is 1.98. The van der Waals surface area contributed by atoms with Crippen molar-refractivity contribution >= 4 is 21.9 Å². The zero-order valence-corrected chi connectivity index (χ0v) is 7.29. The fourth-order valence-electron chi connectivity index (χ4n) is 0.626. The predicted molar refractivity (Wildman–Crippen MR) is 41.4 cm³/mol. The molecule has 4 nitrogen and oxygen atoms in total. The van der Waals surface area contributed by atoms with Gasteiger partial charge in [0.25, 0.3) is 0 Å². The van der Waals surface area contributed by atoms with Crippen LogP contribution in [-0.4, -0.2) is 21.0 Å². The summed E-state index contributed by atoms with van der Waals surface area (Å²) in [7, 11) is 0. The van der Waals surface area contributed by atoms with Gasteiger partial charge in [0, 0.05) is 5.69 Å². The molecule has 1 heterocycles. The van der Waals surface area contributed by atoms with Crippen LogP contribution in [0.1, 0.15) is 16.3 Å². The number of rotatable bonds is 1. The van der Waals surface area contributed by atoms with E-state index in [0.717, 1.165) is 0 Å². The van der Waals surface area contributed by atoms with E-state index >= 15 is 0 Å². The molecule has 0 radical (unpaired) electrons. The Morgan fingerprint density at radius 2 is 2.27 bits per heavy atom. The Morgan fingerprint density at radius 3 is 2.73 bits per heavy atom. The Hall–Kier alpha value is -0.970. The van der Waals surface area contributed by atoms with Crippen LogP contribution in [0, 0.1) is 6.92 Å². The quantitative estimate of drug-likeness (QED) is 0.719.